The predicted octanol–water partition coefficient (Wildman–Crippen LogP) is 3.48. The number of ether oxygens (including phenoxy) is 3. The topological polar surface area (TPSA) is 155 Å². The monoisotopic (exact) mass is 554 g/mol. The molecule has 0 saturated carbocycles. The zero-order valence-corrected chi connectivity index (χ0v) is 23.0. The van der Waals surface area contributed by atoms with Crippen LogP contribution in [0.3, 0.4) is 0 Å². The van der Waals surface area contributed by atoms with E-state index in [4.69, 9.17) is 14.2 Å². The molecule has 2 N–H and O–H groups in total. The Morgan fingerprint density at radius 1 is 1.05 bits per heavy atom. The smallest absolute Gasteiger partial charge is 0.257 e. The van der Waals surface area contributed by atoms with Gasteiger partial charge in [-0.2, -0.15) is 0 Å². The normalized spacial score (nSPS) is 16.9. The van der Waals surface area contributed by atoms with Crippen molar-refractivity contribution < 1.29 is 27.4 Å². The van der Waals surface area contributed by atoms with Gasteiger partial charge in [0.15, 0.2) is 26.4 Å². The predicted molar refractivity (Wildman–Crippen MR) is 143 cm³/mol. The molecule has 3 aromatic heterocycles. The molecule has 12 nitrogen and oxygen atoms in total. The van der Waals surface area contributed by atoms with Crippen molar-refractivity contribution in [1.82, 2.24) is 20.2 Å². The first kappa shape index (κ1) is 26.8. The Balaban J connectivity index is 1.57. The number of anilines is 3. The van der Waals surface area contributed by atoms with Crippen molar-refractivity contribution in [3.05, 3.63) is 35.9 Å². The molecule has 5 rings (SSSR count). The van der Waals surface area contributed by atoms with E-state index in [1.165, 1.54) is 6.92 Å². The molecule has 1 saturated heterocycles. The summed E-state index contributed by atoms with van der Waals surface area (Å²) in [7, 11) is -3.60. The molecule has 13 heteroatoms. The van der Waals surface area contributed by atoms with Crippen LogP contribution in [-0.4, -0.2) is 66.2 Å². The zero-order valence-electron chi connectivity index (χ0n) is 22.1. The minimum absolute atomic E-state index is 0.0419. The number of fused-ring (bicyclic) bond motifs is 1. The van der Waals surface area contributed by atoms with E-state index in [0.717, 1.165) is 24.7 Å². The van der Waals surface area contributed by atoms with Crippen LogP contribution in [0.15, 0.2) is 35.4 Å². The molecule has 0 unspecified atom stereocenters. The Bertz CT molecular complexity index is 1520. The number of pyridine rings is 2. The molecule has 5 heterocycles. The Hall–Kier alpha value is -3.84. The van der Waals surface area contributed by atoms with E-state index in [9.17, 15) is 13.2 Å². The molecule has 2 aliphatic heterocycles. The first-order chi connectivity index (χ1) is 18.5. The number of amides is 1. The van der Waals surface area contributed by atoms with Gasteiger partial charge in [0.2, 0.25) is 5.91 Å². The molecule has 206 valence electrons. The van der Waals surface area contributed by atoms with E-state index < -0.39 is 15.4 Å². The minimum atomic E-state index is -3.60. The van der Waals surface area contributed by atoms with E-state index in [1.54, 1.807) is 24.3 Å². The van der Waals surface area contributed by atoms with Crippen molar-refractivity contribution in [2.75, 3.05) is 36.7 Å². The number of hydrogen-bond acceptors (Lipinski definition) is 11. The molecule has 0 atom stereocenters. The second-order valence-corrected chi connectivity index (χ2v) is 12.2. The molecule has 0 spiro atoms. The first-order valence-electron chi connectivity index (χ1n) is 12.5. The van der Waals surface area contributed by atoms with Gasteiger partial charge in [0.05, 0.1) is 11.4 Å². The third-order valence-electron chi connectivity index (χ3n) is 6.27. The molecule has 0 aromatic carbocycles. The van der Waals surface area contributed by atoms with Crippen molar-refractivity contribution in [2.45, 2.75) is 50.2 Å². The van der Waals surface area contributed by atoms with Crippen molar-refractivity contribution in [2.24, 2.45) is 0 Å². The summed E-state index contributed by atoms with van der Waals surface area (Å²) in [4.78, 5) is 20.7. The van der Waals surface area contributed by atoms with Crippen LogP contribution < -0.4 is 20.1 Å². The quantitative estimate of drug-likeness (QED) is 0.460. The summed E-state index contributed by atoms with van der Waals surface area (Å²) in [6.07, 6.45) is 2.68. The molecule has 3 aromatic rings. The Morgan fingerprint density at radius 3 is 2.54 bits per heavy atom. The van der Waals surface area contributed by atoms with Crippen molar-refractivity contribution in [3.8, 4) is 23.0 Å². The van der Waals surface area contributed by atoms with E-state index in [1.807, 2.05) is 19.9 Å². The summed E-state index contributed by atoms with van der Waals surface area (Å²) < 4.78 is 42.2. The van der Waals surface area contributed by atoms with Gasteiger partial charge in [-0.25, -0.2) is 18.4 Å². The summed E-state index contributed by atoms with van der Waals surface area (Å²) in [6.45, 7) is 6.75. The number of rotatable bonds is 6. The van der Waals surface area contributed by atoms with Crippen LogP contribution in [0.2, 0.25) is 0 Å². The molecule has 39 heavy (non-hydrogen) atoms. The average Bonchev–Trinajstić information content (AvgIpc) is 2.88. The minimum Gasteiger partial charge on any atom is -0.479 e. The number of carbonyl (C=O) groups excluding carboxylic acids is 1. The largest absolute Gasteiger partial charge is 0.479 e. The molecule has 1 amide bonds. The third-order valence-corrected chi connectivity index (χ3v) is 7.24. The lowest BCUT2D eigenvalue weighted by Gasteiger charge is -2.31. The maximum absolute atomic E-state index is 12.5. The van der Waals surface area contributed by atoms with E-state index in [0.29, 0.717) is 54.3 Å². The zero-order chi connectivity index (χ0) is 27.8. The highest BCUT2D eigenvalue weighted by atomic mass is 32.2. The van der Waals surface area contributed by atoms with Crippen molar-refractivity contribution in [1.29, 1.82) is 0 Å². The maximum Gasteiger partial charge on any atom is 0.257 e. The highest BCUT2D eigenvalue weighted by molar-refractivity contribution is 7.90. The fraction of sp³-hybridized carbons (Fsp3) is 0.423. The van der Waals surface area contributed by atoms with Crippen LogP contribution in [-0.2, 0) is 19.4 Å². The highest BCUT2D eigenvalue weighted by Gasteiger charge is 2.30. The molecule has 0 aliphatic carbocycles. The number of carbonyl (C=O) groups is 1. The molecular formula is C26H30N6O6S. The van der Waals surface area contributed by atoms with Crippen LogP contribution in [0, 0.1) is 0 Å². The van der Waals surface area contributed by atoms with Gasteiger partial charge in [-0.1, -0.05) is 0 Å². The molecule has 0 radical (unpaired) electrons. The van der Waals surface area contributed by atoms with E-state index in [2.05, 4.69) is 30.8 Å². The van der Waals surface area contributed by atoms with E-state index in [-0.39, 0.29) is 22.7 Å². The number of sulfone groups is 1. The fourth-order valence-electron chi connectivity index (χ4n) is 4.41. The summed E-state index contributed by atoms with van der Waals surface area (Å²) in [5.41, 5.74) is 1.56. The Labute approximate surface area is 226 Å². The van der Waals surface area contributed by atoms with Crippen molar-refractivity contribution >= 4 is 33.1 Å². The molecule has 0 bridgehead atoms. The van der Waals surface area contributed by atoms with Crippen LogP contribution in [0.1, 0.15) is 45.1 Å². The number of nitrogens with one attached hydrogen (secondary N) is 2. The fourth-order valence-corrected chi connectivity index (χ4v) is 5.03. The number of nitrogens with zero attached hydrogens (tertiary/aromatic N) is 4. The number of aromatic nitrogens is 4. The van der Waals surface area contributed by atoms with Crippen molar-refractivity contribution in [3.63, 3.8) is 0 Å². The van der Waals surface area contributed by atoms with Crippen LogP contribution in [0.5, 0.6) is 11.6 Å². The average molecular weight is 555 g/mol. The van der Waals surface area contributed by atoms with Gasteiger partial charge in [0.1, 0.15) is 23.7 Å². The first-order valence-corrected chi connectivity index (χ1v) is 14.4. The van der Waals surface area contributed by atoms with Gasteiger partial charge in [0, 0.05) is 32.5 Å². The Kier molecular flexibility index (Phi) is 7.12. The highest BCUT2D eigenvalue weighted by Crippen LogP contribution is 2.38. The van der Waals surface area contributed by atoms with Gasteiger partial charge >= 0.3 is 0 Å². The lowest BCUT2D eigenvalue weighted by molar-refractivity contribution is -0.114. The second kappa shape index (κ2) is 10.4. The summed E-state index contributed by atoms with van der Waals surface area (Å²) >= 11 is 0. The molecular weight excluding hydrogens is 524 g/mol. The third kappa shape index (κ3) is 6.25. The van der Waals surface area contributed by atoms with Crippen LogP contribution >= 0.6 is 0 Å². The summed E-state index contributed by atoms with van der Waals surface area (Å²) in [5, 5.41) is 14.2. The van der Waals surface area contributed by atoms with E-state index >= 15 is 0 Å². The standard InChI is InChI=1S/C26H30N6O6S/c1-15(33)27-22-13-19(24(32-31-22)18-5-6-20-25(29-18)37-14-26(2,3)38-20)28-21-11-17(16-7-9-36-10-8-16)12-23(30-21)39(4,34)35/h5-6,11-13,16H,7-10,14H2,1-4H3,(H2,27,28,30,31,33). The van der Waals surface area contributed by atoms with Gasteiger partial charge in [0.25, 0.3) is 5.88 Å². The Morgan fingerprint density at radius 2 is 1.82 bits per heavy atom. The summed E-state index contributed by atoms with van der Waals surface area (Å²) in [5.74, 6) is 1.16. The second-order valence-electron chi connectivity index (χ2n) is 10.2. The van der Waals surface area contributed by atoms with Gasteiger partial charge < -0.3 is 24.8 Å². The van der Waals surface area contributed by atoms with Gasteiger partial charge in [-0.3, -0.25) is 4.79 Å². The number of hydrogen-bond donors (Lipinski definition) is 2. The molecule has 1 fully saturated rings. The van der Waals surface area contributed by atoms with Gasteiger partial charge in [-0.15, -0.1) is 10.2 Å². The van der Waals surface area contributed by atoms with Crippen LogP contribution in [0.25, 0.3) is 11.4 Å². The SMILES string of the molecule is CC(=O)Nc1cc(Nc2cc(C3CCOCC3)cc(S(C)(=O)=O)n2)c(-c2ccc3c(n2)OCC(C)(C)O3)nn1. The molecule has 2 aliphatic rings. The van der Waals surface area contributed by atoms with Gasteiger partial charge in [-0.05, 0) is 62.4 Å². The lowest BCUT2D eigenvalue weighted by Crippen LogP contribution is -2.39. The summed E-state index contributed by atoms with van der Waals surface area (Å²) in [6, 6.07) is 8.51. The maximum atomic E-state index is 12.5. The van der Waals surface area contributed by atoms with Crippen LogP contribution in [0.4, 0.5) is 17.3 Å². The lowest BCUT2D eigenvalue weighted by atomic mass is 9.92.